The van der Waals surface area contributed by atoms with Crippen LogP contribution in [0, 0.1) is 6.92 Å². The number of rotatable bonds is 4. The molecule has 7 nitrogen and oxygen atoms in total. The number of aliphatic carboxylic acids is 1. The average molecular weight is 291 g/mol. The van der Waals surface area contributed by atoms with Crippen molar-refractivity contribution in [2.24, 2.45) is 0 Å². The van der Waals surface area contributed by atoms with Crippen molar-refractivity contribution in [1.29, 1.82) is 0 Å². The molecule has 0 aromatic carbocycles. The highest BCUT2D eigenvalue weighted by atomic mass is 32.2. The molecule has 1 aliphatic rings. The van der Waals surface area contributed by atoms with E-state index in [0.717, 1.165) is 11.5 Å². The molecule has 1 N–H and O–H groups in total. The maximum atomic E-state index is 11.5. The predicted octanol–water partition coefficient (Wildman–Crippen LogP) is -0.0754. The van der Waals surface area contributed by atoms with Gasteiger partial charge in [0.1, 0.15) is 12.4 Å². The minimum atomic E-state index is -3.06. The molecule has 9 heteroatoms. The fraction of sp³-hybridized carbons (Fsp3) is 0.667. The van der Waals surface area contributed by atoms with Crippen LogP contribution in [0.3, 0.4) is 0 Å². The second kappa shape index (κ2) is 4.81. The summed E-state index contributed by atoms with van der Waals surface area (Å²) in [5.41, 5.74) is 0. The van der Waals surface area contributed by atoms with Crippen LogP contribution in [0.2, 0.25) is 0 Å². The van der Waals surface area contributed by atoms with Crippen LogP contribution in [0.4, 0.5) is 5.13 Å². The minimum Gasteiger partial charge on any atom is -0.480 e. The summed E-state index contributed by atoms with van der Waals surface area (Å²) in [7, 11) is -3.06. The Morgan fingerprint density at radius 1 is 1.61 bits per heavy atom. The molecule has 1 aromatic rings. The Bertz CT molecular complexity index is 554. The molecule has 1 saturated heterocycles. The topological polar surface area (TPSA) is 100 Å². The second-order valence-electron chi connectivity index (χ2n) is 4.20. The first kappa shape index (κ1) is 13.2. The van der Waals surface area contributed by atoms with Crippen LogP contribution < -0.4 is 4.90 Å². The third kappa shape index (κ3) is 2.96. The number of aromatic nitrogens is 2. The number of carboxylic acids is 1. The molecule has 1 atom stereocenters. The molecule has 1 aliphatic heterocycles. The summed E-state index contributed by atoms with van der Waals surface area (Å²) in [5.74, 6) is -0.358. The molecule has 0 saturated carbocycles. The molecule has 1 aromatic heterocycles. The minimum absolute atomic E-state index is 0.0150. The van der Waals surface area contributed by atoms with E-state index in [1.54, 1.807) is 6.92 Å². The van der Waals surface area contributed by atoms with E-state index in [2.05, 4.69) is 9.36 Å². The zero-order chi connectivity index (χ0) is 13.3. The van der Waals surface area contributed by atoms with E-state index in [4.69, 9.17) is 5.11 Å². The standard InChI is InChI=1S/C9H13N3O4S2/c1-6-10-9(17-11-6)12(4-8(13)14)7-2-3-18(15,16)5-7/h7H,2-5H2,1H3,(H,13,14). The summed E-state index contributed by atoms with van der Waals surface area (Å²) < 4.78 is 26.9. The fourth-order valence-electron chi connectivity index (χ4n) is 1.92. The number of anilines is 1. The maximum absolute atomic E-state index is 11.5. The molecule has 100 valence electrons. The molecule has 1 fully saturated rings. The van der Waals surface area contributed by atoms with Crippen molar-refractivity contribution in [2.45, 2.75) is 19.4 Å². The molecular formula is C9H13N3O4S2. The van der Waals surface area contributed by atoms with E-state index in [1.165, 1.54) is 4.90 Å². The molecule has 0 radical (unpaired) electrons. The van der Waals surface area contributed by atoms with Gasteiger partial charge in [-0.2, -0.15) is 4.37 Å². The number of nitrogens with zero attached hydrogens (tertiary/aromatic N) is 3. The van der Waals surface area contributed by atoms with Crippen molar-refractivity contribution in [3.8, 4) is 0 Å². The summed E-state index contributed by atoms with van der Waals surface area (Å²) >= 11 is 1.09. The van der Waals surface area contributed by atoms with Gasteiger partial charge in [0.2, 0.25) is 5.13 Å². The van der Waals surface area contributed by atoms with E-state index in [1.807, 2.05) is 0 Å². The molecule has 0 bridgehead atoms. The first-order valence-corrected chi connectivity index (χ1v) is 7.96. The number of carbonyl (C=O) groups is 1. The molecular weight excluding hydrogens is 278 g/mol. The lowest BCUT2D eigenvalue weighted by Gasteiger charge is -2.25. The third-order valence-electron chi connectivity index (χ3n) is 2.72. The van der Waals surface area contributed by atoms with Crippen LogP contribution in [0.5, 0.6) is 0 Å². The summed E-state index contributed by atoms with van der Waals surface area (Å²) in [6, 6.07) is -0.321. The Balaban J connectivity index is 2.23. The van der Waals surface area contributed by atoms with E-state index in [0.29, 0.717) is 17.4 Å². The largest absolute Gasteiger partial charge is 0.480 e. The lowest BCUT2D eigenvalue weighted by Crippen LogP contribution is -2.40. The maximum Gasteiger partial charge on any atom is 0.323 e. The lowest BCUT2D eigenvalue weighted by molar-refractivity contribution is -0.135. The second-order valence-corrected chi connectivity index (χ2v) is 7.16. The lowest BCUT2D eigenvalue weighted by atomic mass is 10.2. The van der Waals surface area contributed by atoms with Crippen LogP contribution in [-0.4, -0.2) is 52.9 Å². The average Bonchev–Trinajstić information content (AvgIpc) is 2.81. The van der Waals surface area contributed by atoms with Gasteiger partial charge in [0.25, 0.3) is 0 Å². The number of sulfone groups is 1. The molecule has 1 unspecified atom stereocenters. The van der Waals surface area contributed by atoms with Gasteiger partial charge in [0.15, 0.2) is 9.84 Å². The SMILES string of the molecule is Cc1nsc(N(CC(=O)O)C2CCS(=O)(=O)C2)n1. The normalized spacial score (nSPS) is 21.9. The van der Waals surface area contributed by atoms with Gasteiger partial charge in [-0.1, -0.05) is 0 Å². The van der Waals surface area contributed by atoms with Crippen molar-refractivity contribution in [1.82, 2.24) is 9.36 Å². The Kier molecular flexibility index (Phi) is 3.53. The zero-order valence-electron chi connectivity index (χ0n) is 9.74. The predicted molar refractivity (Wildman–Crippen MR) is 66.7 cm³/mol. The van der Waals surface area contributed by atoms with Crippen molar-refractivity contribution in [2.75, 3.05) is 23.0 Å². The van der Waals surface area contributed by atoms with Crippen LogP contribution in [0.25, 0.3) is 0 Å². The summed E-state index contributed by atoms with van der Waals surface area (Å²) in [5, 5.41) is 9.38. The number of hydrogen-bond donors (Lipinski definition) is 1. The van der Waals surface area contributed by atoms with Gasteiger partial charge in [-0.25, -0.2) is 13.4 Å². The molecule has 2 heterocycles. The monoisotopic (exact) mass is 291 g/mol. The van der Waals surface area contributed by atoms with Gasteiger partial charge in [0, 0.05) is 17.6 Å². The summed E-state index contributed by atoms with van der Waals surface area (Å²) in [6.45, 7) is 1.46. The van der Waals surface area contributed by atoms with Gasteiger partial charge >= 0.3 is 5.97 Å². The van der Waals surface area contributed by atoms with Crippen LogP contribution in [0.1, 0.15) is 12.2 Å². The summed E-state index contributed by atoms with van der Waals surface area (Å²) in [6.07, 6.45) is 0.439. The Morgan fingerprint density at radius 2 is 2.33 bits per heavy atom. The van der Waals surface area contributed by atoms with E-state index in [-0.39, 0.29) is 24.1 Å². The number of hydrogen-bond acceptors (Lipinski definition) is 7. The smallest absolute Gasteiger partial charge is 0.323 e. The Morgan fingerprint density at radius 3 is 2.78 bits per heavy atom. The van der Waals surface area contributed by atoms with Gasteiger partial charge in [-0.3, -0.25) is 4.79 Å². The molecule has 18 heavy (non-hydrogen) atoms. The van der Waals surface area contributed by atoms with Gasteiger partial charge in [-0.05, 0) is 13.3 Å². The molecule has 0 amide bonds. The summed E-state index contributed by atoms with van der Waals surface area (Å²) in [4.78, 5) is 16.5. The van der Waals surface area contributed by atoms with Crippen molar-refractivity contribution in [3.63, 3.8) is 0 Å². The van der Waals surface area contributed by atoms with Crippen LogP contribution in [0.15, 0.2) is 0 Å². The fourth-order valence-corrected chi connectivity index (χ4v) is 4.40. The van der Waals surface area contributed by atoms with Crippen molar-refractivity contribution >= 4 is 32.5 Å². The molecule has 0 spiro atoms. The first-order chi connectivity index (χ1) is 8.37. The Hall–Kier alpha value is -1.22. The van der Waals surface area contributed by atoms with Crippen molar-refractivity contribution < 1.29 is 18.3 Å². The highest BCUT2D eigenvalue weighted by Crippen LogP contribution is 2.25. The van der Waals surface area contributed by atoms with E-state index < -0.39 is 15.8 Å². The zero-order valence-corrected chi connectivity index (χ0v) is 11.4. The van der Waals surface area contributed by atoms with Gasteiger partial charge in [-0.15, -0.1) is 0 Å². The molecule has 0 aliphatic carbocycles. The van der Waals surface area contributed by atoms with Gasteiger partial charge in [0.05, 0.1) is 11.5 Å². The van der Waals surface area contributed by atoms with E-state index >= 15 is 0 Å². The Labute approximate surface area is 109 Å². The van der Waals surface area contributed by atoms with Crippen LogP contribution in [-0.2, 0) is 14.6 Å². The number of aryl methyl sites for hydroxylation is 1. The molecule has 2 rings (SSSR count). The third-order valence-corrected chi connectivity index (χ3v) is 5.31. The highest BCUT2D eigenvalue weighted by molar-refractivity contribution is 7.91. The van der Waals surface area contributed by atoms with Crippen LogP contribution >= 0.6 is 11.5 Å². The highest BCUT2D eigenvalue weighted by Gasteiger charge is 2.34. The quantitative estimate of drug-likeness (QED) is 0.828. The van der Waals surface area contributed by atoms with E-state index in [9.17, 15) is 13.2 Å². The van der Waals surface area contributed by atoms with Crippen molar-refractivity contribution in [3.05, 3.63) is 5.82 Å². The first-order valence-electron chi connectivity index (χ1n) is 5.36. The van der Waals surface area contributed by atoms with Gasteiger partial charge < -0.3 is 10.0 Å². The number of carboxylic acid groups (broad SMARTS) is 1.